The van der Waals surface area contributed by atoms with Gasteiger partial charge in [-0.05, 0) is 42.0 Å². The third kappa shape index (κ3) is 1.66. The van der Waals surface area contributed by atoms with Crippen LogP contribution < -0.4 is 10.5 Å². The van der Waals surface area contributed by atoms with Crippen LogP contribution in [-0.4, -0.2) is 6.61 Å². The Labute approximate surface area is 106 Å². The molecule has 90 valence electrons. The summed E-state index contributed by atoms with van der Waals surface area (Å²) in [5, 5.41) is 4.54. The third-order valence-electron chi connectivity index (χ3n) is 3.18. The van der Waals surface area contributed by atoms with Crippen molar-refractivity contribution in [2.24, 2.45) is 0 Å². The lowest BCUT2D eigenvalue weighted by Crippen LogP contribution is -1.94. The van der Waals surface area contributed by atoms with Crippen LogP contribution in [0.1, 0.15) is 6.92 Å². The van der Waals surface area contributed by atoms with Gasteiger partial charge in [-0.25, -0.2) is 0 Å². The van der Waals surface area contributed by atoms with Gasteiger partial charge in [-0.3, -0.25) is 0 Å². The Morgan fingerprint density at radius 1 is 0.944 bits per heavy atom. The first-order chi connectivity index (χ1) is 8.79. The molecular formula is C16H15NO. The van der Waals surface area contributed by atoms with Crippen molar-refractivity contribution >= 4 is 27.2 Å². The molecule has 0 saturated carbocycles. The summed E-state index contributed by atoms with van der Waals surface area (Å²) in [5.74, 6) is 0.896. The molecule has 2 nitrogen and oxygen atoms in total. The van der Waals surface area contributed by atoms with Crippen molar-refractivity contribution < 1.29 is 4.74 Å². The summed E-state index contributed by atoms with van der Waals surface area (Å²) >= 11 is 0. The van der Waals surface area contributed by atoms with Crippen LogP contribution in [0.3, 0.4) is 0 Å². The number of nitrogen functional groups attached to an aromatic ring is 1. The van der Waals surface area contributed by atoms with Crippen molar-refractivity contribution in [2.45, 2.75) is 6.92 Å². The van der Waals surface area contributed by atoms with Gasteiger partial charge in [0.05, 0.1) is 6.61 Å². The average molecular weight is 237 g/mol. The van der Waals surface area contributed by atoms with E-state index in [9.17, 15) is 0 Å². The molecule has 0 aliphatic heterocycles. The summed E-state index contributed by atoms with van der Waals surface area (Å²) in [4.78, 5) is 0. The van der Waals surface area contributed by atoms with Gasteiger partial charge in [-0.15, -0.1) is 0 Å². The van der Waals surface area contributed by atoms with E-state index in [1.807, 2.05) is 31.2 Å². The van der Waals surface area contributed by atoms with Crippen molar-refractivity contribution in [3.63, 3.8) is 0 Å². The van der Waals surface area contributed by atoms with E-state index in [2.05, 4.69) is 24.3 Å². The van der Waals surface area contributed by atoms with E-state index in [4.69, 9.17) is 10.5 Å². The normalized spacial score (nSPS) is 10.9. The van der Waals surface area contributed by atoms with Crippen LogP contribution >= 0.6 is 0 Å². The molecule has 2 N–H and O–H groups in total. The second-order valence-electron chi connectivity index (χ2n) is 4.33. The highest BCUT2D eigenvalue weighted by Crippen LogP contribution is 2.33. The first-order valence-corrected chi connectivity index (χ1v) is 6.13. The lowest BCUT2D eigenvalue weighted by molar-refractivity contribution is 0.344. The molecule has 0 heterocycles. The summed E-state index contributed by atoms with van der Waals surface area (Å²) in [7, 11) is 0. The van der Waals surface area contributed by atoms with Gasteiger partial charge in [0, 0.05) is 16.5 Å². The van der Waals surface area contributed by atoms with Crippen molar-refractivity contribution in [2.75, 3.05) is 12.3 Å². The molecule has 0 spiro atoms. The van der Waals surface area contributed by atoms with Gasteiger partial charge in [0.1, 0.15) is 5.75 Å². The van der Waals surface area contributed by atoms with E-state index in [-0.39, 0.29) is 0 Å². The van der Waals surface area contributed by atoms with Crippen LogP contribution in [0.15, 0.2) is 48.5 Å². The topological polar surface area (TPSA) is 35.2 Å². The van der Waals surface area contributed by atoms with Crippen LogP contribution in [0.25, 0.3) is 21.5 Å². The molecule has 18 heavy (non-hydrogen) atoms. The van der Waals surface area contributed by atoms with Gasteiger partial charge >= 0.3 is 0 Å². The smallest absolute Gasteiger partial charge is 0.127 e. The summed E-state index contributed by atoms with van der Waals surface area (Å²) in [5.41, 5.74) is 6.85. The Bertz CT molecular complexity index is 719. The second-order valence-corrected chi connectivity index (χ2v) is 4.33. The van der Waals surface area contributed by atoms with Crippen LogP contribution in [-0.2, 0) is 0 Å². The zero-order valence-corrected chi connectivity index (χ0v) is 10.3. The zero-order chi connectivity index (χ0) is 12.5. The number of rotatable bonds is 2. The fourth-order valence-electron chi connectivity index (χ4n) is 2.31. The SMILES string of the molecule is CCOc1ccc(N)c2cc3ccccc3cc12. The number of fused-ring (bicyclic) bond motifs is 2. The van der Waals surface area contributed by atoms with Crippen molar-refractivity contribution in [3.8, 4) is 5.75 Å². The zero-order valence-electron chi connectivity index (χ0n) is 10.3. The van der Waals surface area contributed by atoms with E-state index in [1.165, 1.54) is 10.8 Å². The molecule has 0 amide bonds. The van der Waals surface area contributed by atoms with Crippen LogP contribution in [0.4, 0.5) is 5.69 Å². The Morgan fingerprint density at radius 3 is 2.28 bits per heavy atom. The van der Waals surface area contributed by atoms with E-state index in [1.54, 1.807) is 0 Å². The van der Waals surface area contributed by atoms with Crippen molar-refractivity contribution in [1.29, 1.82) is 0 Å². The molecule has 3 aromatic rings. The molecule has 0 radical (unpaired) electrons. The molecular weight excluding hydrogens is 222 g/mol. The summed E-state index contributed by atoms with van der Waals surface area (Å²) in [6.07, 6.45) is 0. The van der Waals surface area contributed by atoms with E-state index >= 15 is 0 Å². The highest BCUT2D eigenvalue weighted by Gasteiger charge is 2.06. The van der Waals surface area contributed by atoms with Crippen LogP contribution in [0, 0.1) is 0 Å². The quantitative estimate of drug-likeness (QED) is 0.540. The first-order valence-electron chi connectivity index (χ1n) is 6.13. The monoisotopic (exact) mass is 237 g/mol. The van der Waals surface area contributed by atoms with Crippen molar-refractivity contribution in [3.05, 3.63) is 48.5 Å². The highest BCUT2D eigenvalue weighted by atomic mass is 16.5. The summed E-state index contributed by atoms with van der Waals surface area (Å²) in [6, 6.07) is 16.4. The number of anilines is 1. The van der Waals surface area contributed by atoms with E-state index in [0.29, 0.717) is 6.61 Å². The van der Waals surface area contributed by atoms with Gasteiger partial charge < -0.3 is 10.5 Å². The molecule has 2 heteroatoms. The fraction of sp³-hybridized carbons (Fsp3) is 0.125. The van der Waals surface area contributed by atoms with Gasteiger partial charge in [-0.1, -0.05) is 24.3 Å². The molecule has 0 unspecified atom stereocenters. The number of benzene rings is 3. The Morgan fingerprint density at radius 2 is 1.61 bits per heavy atom. The van der Waals surface area contributed by atoms with Gasteiger partial charge in [0.25, 0.3) is 0 Å². The molecule has 3 aromatic carbocycles. The average Bonchev–Trinajstić information content (AvgIpc) is 2.41. The summed E-state index contributed by atoms with van der Waals surface area (Å²) < 4.78 is 5.67. The molecule has 0 aliphatic carbocycles. The number of hydrogen-bond donors (Lipinski definition) is 1. The Hall–Kier alpha value is -2.22. The highest BCUT2D eigenvalue weighted by molar-refractivity contribution is 6.05. The van der Waals surface area contributed by atoms with Crippen LogP contribution in [0.5, 0.6) is 5.75 Å². The predicted octanol–water partition coefficient (Wildman–Crippen LogP) is 3.97. The van der Waals surface area contributed by atoms with Crippen molar-refractivity contribution in [1.82, 2.24) is 0 Å². The predicted molar refractivity (Wildman–Crippen MR) is 77.0 cm³/mol. The number of hydrogen-bond acceptors (Lipinski definition) is 2. The lowest BCUT2D eigenvalue weighted by Gasteiger charge is -2.10. The molecule has 3 rings (SSSR count). The molecule has 0 atom stereocenters. The maximum atomic E-state index is 6.06. The molecule has 0 aromatic heterocycles. The maximum absolute atomic E-state index is 6.06. The van der Waals surface area contributed by atoms with Crippen LogP contribution in [0.2, 0.25) is 0 Å². The minimum absolute atomic E-state index is 0.659. The maximum Gasteiger partial charge on any atom is 0.127 e. The third-order valence-corrected chi connectivity index (χ3v) is 3.18. The summed E-state index contributed by atoms with van der Waals surface area (Å²) in [6.45, 7) is 2.65. The largest absolute Gasteiger partial charge is 0.493 e. The van der Waals surface area contributed by atoms with E-state index in [0.717, 1.165) is 22.2 Å². The molecule has 0 fully saturated rings. The molecule has 0 aliphatic rings. The minimum Gasteiger partial charge on any atom is -0.493 e. The minimum atomic E-state index is 0.659. The number of ether oxygens (including phenoxy) is 1. The van der Waals surface area contributed by atoms with E-state index < -0.39 is 0 Å². The molecule has 0 bridgehead atoms. The lowest BCUT2D eigenvalue weighted by atomic mass is 10.0. The Balaban J connectivity index is 2.40. The fourth-order valence-corrected chi connectivity index (χ4v) is 2.31. The molecule has 0 saturated heterocycles. The Kier molecular flexibility index (Phi) is 2.56. The first kappa shape index (κ1) is 10.9. The second kappa shape index (κ2) is 4.22. The number of nitrogens with two attached hydrogens (primary N) is 1. The van der Waals surface area contributed by atoms with Gasteiger partial charge in [0.15, 0.2) is 0 Å². The standard InChI is InChI=1S/C16H15NO/c1-2-18-16-8-7-15(17)13-9-11-5-3-4-6-12(11)10-14(13)16/h3-10H,2,17H2,1H3. The van der Waals surface area contributed by atoms with Gasteiger partial charge in [-0.2, -0.15) is 0 Å². The van der Waals surface area contributed by atoms with Gasteiger partial charge in [0.2, 0.25) is 0 Å².